The molecule has 0 bridgehead atoms. The molecule has 1 heterocycles. The molecule has 1 N–H and O–H groups in total. The number of phenolic OH excluding ortho intramolecular Hbond substituents is 1. The number of benzene rings is 1. The quantitative estimate of drug-likeness (QED) is 0.804. The standard InChI is InChI=1S/C12H15NO2/c1-8(2)9-3-4-10(11(14)7-9)12-13-5-6-15-12/h3-4,7-8,14H,5-6H2,1-2H3. The average Bonchev–Trinajstić information content (AvgIpc) is 2.70. The largest absolute Gasteiger partial charge is 0.507 e. The first-order valence-corrected chi connectivity index (χ1v) is 5.19. The van der Waals surface area contributed by atoms with Crippen LogP contribution in [0, 0.1) is 0 Å². The van der Waals surface area contributed by atoms with Crippen molar-refractivity contribution in [2.24, 2.45) is 4.99 Å². The first kappa shape index (κ1) is 10.0. The number of hydrogen-bond donors (Lipinski definition) is 1. The third-order valence-electron chi connectivity index (χ3n) is 2.50. The Morgan fingerprint density at radius 2 is 2.20 bits per heavy atom. The Labute approximate surface area is 89.4 Å². The van der Waals surface area contributed by atoms with Crippen molar-refractivity contribution in [1.29, 1.82) is 0 Å². The summed E-state index contributed by atoms with van der Waals surface area (Å²) in [6.07, 6.45) is 0. The molecule has 15 heavy (non-hydrogen) atoms. The molecular weight excluding hydrogens is 190 g/mol. The second kappa shape index (κ2) is 3.93. The van der Waals surface area contributed by atoms with Crippen LogP contribution >= 0.6 is 0 Å². The third-order valence-corrected chi connectivity index (χ3v) is 2.50. The number of aliphatic imine (C=N–C) groups is 1. The lowest BCUT2D eigenvalue weighted by Crippen LogP contribution is -2.02. The summed E-state index contributed by atoms with van der Waals surface area (Å²) >= 11 is 0. The van der Waals surface area contributed by atoms with Crippen LogP contribution in [-0.2, 0) is 4.74 Å². The van der Waals surface area contributed by atoms with Gasteiger partial charge in [-0.15, -0.1) is 0 Å². The van der Waals surface area contributed by atoms with Crippen LogP contribution in [0.3, 0.4) is 0 Å². The molecule has 0 amide bonds. The van der Waals surface area contributed by atoms with Gasteiger partial charge in [0.15, 0.2) is 0 Å². The van der Waals surface area contributed by atoms with Crippen LogP contribution in [0.15, 0.2) is 23.2 Å². The van der Waals surface area contributed by atoms with Crippen LogP contribution < -0.4 is 0 Å². The first-order valence-electron chi connectivity index (χ1n) is 5.19. The summed E-state index contributed by atoms with van der Waals surface area (Å²) in [6.45, 7) is 5.48. The van der Waals surface area contributed by atoms with Gasteiger partial charge in [-0.1, -0.05) is 19.9 Å². The van der Waals surface area contributed by atoms with Crippen LogP contribution in [-0.4, -0.2) is 24.2 Å². The predicted molar refractivity (Wildman–Crippen MR) is 59.6 cm³/mol. The highest BCUT2D eigenvalue weighted by atomic mass is 16.5. The fourth-order valence-corrected chi connectivity index (χ4v) is 1.59. The molecule has 0 radical (unpaired) electrons. The second-order valence-electron chi connectivity index (χ2n) is 3.97. The number of hydrogen-bond acceptors (Lipinski definition) is 3. The van der Waals surface area contributed by atoms with E-state index in [1.54, 1.807) is 6.07 Å². The molecule has 0 aliphatic carbocycles. The Balaban J connectivity index is 2.34. The van der Waals surface area contributed by atoms with Gasteiger partial charge in [0.1, 0.15) is 12.4 Å². The normalized spacial score (nSPS) is 15.3. The molecule has 1 aliphatic rings. The molecule has 80 valence electrons. The highest BCUT2D eigenvalue weighted by molar-refractivity contribution is 5.97. The zero-order chi connectivity index (χ0) is 10.8. The zero-order valence-corrected chi connectivity index (χ0v) is 9.03. The molecule has 1 aromatic carbocycles. The molecule has 0 spiro atoms. The van der Waals surface area contributed by atoms with Gasteiger partial charge in [-0.3, -0.25) is 0 Å². The van der Waals surface area contributed by atoms with Crippen molar-refractivity contribution >= 4 is 5.90 Å². The van der Waals surface area contributed by atoms with E-state index in [0.29, 0.717) is 30.5 Å². The fraction of sp³-hybridized carbons (Fsp3) is 0.417. The van der Waals surface area contributed by atoms with Gasteiger partial charge in [-0.25, -0.2) is 4.99 Å². The summed E-state index contributed by atoms with van der Waals surface area (Å²) in [5.74, 6) is 1.22. The summed E-state index contributed by atoms with van der Waals surface area (Å²) in [4.78, 5) is 4.18. The first-order chi connectivity index (χ1) is 7.18. The van der Waals surface area contributed by atoms with Crippen LogP contribution in [0.5, 0.6) is 5.75 Å². The average molecular weight is 205 g/mol. The van der Waals surface area contributed by atoms with E-state index in [-0.39, 0.29) is 5.75 Å². The SMILES string of the molecule is CC(C)c1ccc(C2=NCCO2)c(O)c1. The molecule has 0 atom stereocenters. The van der Waals surface area contributed by atoms with Crippen molar-refractivity contribution in [3.05, 3.63) is 29.3 Å². The van der Waals surface area contributed by atoms with Crippen molar-refractivity contribution in [2.75, 3.05) is 13.2 Å². The monoisotopic (exact) mass is 205 g/mol. The Morgan fingerprint density at radius 1 is 1.40 bits per heavy atom. The minimum absolute atomic E-state index is 0.252. The summed E-state index contributed by atoms with van der Waals surface area (Å²) in [5.41, 5.74) is 1.81. The Morgan fingerprint density at radius 3 is 2.73 bits per heavy atom. The molecule has 0 saturated carbocycles. The Kier molecular flexibility index (Phi) is 2.62. The van der Waals surface area contributed by atoms with Crippen molar-refractivity contribution in [3.63, 3.8) is 0 Å². The van der Waals surface area contributed by atoms with E-state index in [2.05, 4.69) is 18.8 Å². The zero-order valence-electron chi connectivity index (χ0n) is 9.03. The van der Waals surface area contributed by atoms with Crippen LogP contribution in [0.1, 0.15) is 30.9 Å². The molecule has 1 aliphatic heterocycles. The van der Waals surface area contributed by atoms with Gasteiger partial charge in [0, 0.05) is 0 Å². The Bertz CT molecular complexity index is 397. The second-order valence-corrected chi connectivity index (χ2v) is 3.97. The van der Waals surface area contributed by atoms with E-state index in [9.17, 15) is 5.11 Å². The van der Waals surface area contributed by atoms with E-state index >= 15 is 0 Å². The summed E-state index contributed by atoms with van der Waals surface area (Å²) in [6, 6.07) is 5.66. The van der Waals surface area contributed by atoms with E-state index in [1.807, 2.05) is 12.1 Å². The van der Waals surface area contributed by atoms with E-state index in [4.69, 9.17) is 4.74 Å². The number of ether oxygens (including phenoxy) is 1. The fourth-order valence-electron chi connectivity index (χ4n) is 1.59. The lowest BCUT2D eigenvalue weighted by Gasteiger charge is -2.09. The third kappa shape index (κ3) is 1.96. The Hall–Kier alpha value is -1.51. The number of aromatic hydroxyl groups is 1. The van der Waals surface area contributed by atoms with E-state index in [1.165, 1.54) is 0 Å². The minimum Gasteiger partial charge on any atom is -0.507 e. The van der Waals surface area contributed by atoms with Crippen molar-refractivity contribution in [1.82, 2.24) is 0 Å². The van der Waals surface area contributed by atoms with Gasteiger partial charge < -0.3 is 9.84 Å². The molecule has 3 heteroatoms. The number of phenols is 1. The molecule has 1 aromatic rings. The molecule has 0 fully saturated rings. The van der Waals surface area contributed by atoms with E-state index < -0.39 is 0 Å². The maximum absolute atomic E-state index is 9.84. The molecular formula is C12H15NO2. The predicted octanol–water partition coefficient (Wildman–Crippen LogP) is 2.29. The molecule has 0 saturated heterocycles. The smallest absolute Gasteiger partial charge is 0.220 e. The molecule has 3 nitrogen and oxygen atoms in total. The molecule has 0 unspecified atom stereocenters. The maximum Gasteiger partial charge on any atom is 0.220 e. The lowest BCUT2D eigenvalue weighted by molar-refractivity contribution is 0.346. The number of rotatable bonds is 2. The van der Waals surface area contributed by atoms with Gasteiger partial charge in [0.05, 0.1) is 12.1 Å². The van der Waals surface area contributed by atoms with Gasteiger partial charge in [-0.05, 0) is 23.6 Å². The van der Waals surface area contributed by atoms with Crippen molar-refractivity contribution in [2.45, 2.75) is 19.8 Å². The summed E-state index contributed by atoms with van der Waals surface area (Å²) in [5, 5.41) is 9.84. The van der Waals surface area contributed by atoms with Crippen LogP contribution in [0.4, 0.5) is 0 Å². The molecule has 2 rings (SSSR count). The number of nitrogens with zero attached hydrogens (tertiary/aromatic N) is 1. The molecule has 0 aromatic heterocycles. The van der Waals surface area contributed by atoms with Gasteiger partial charge in [-0.2, -0.15) is 0 Å². The topological polar surface area (TPSA) is 41.8 Å². The van der Waals surface area contributed by atoms with Gasteiger partial charge in [0.25, 0.3) is 0 Å². The summed E-state index contributed by atoms with van der Waals surface area (Å²) < 4.78 is 5.31. The van der Waals surface area contributed by atoms with Crippen LogP contribution in [0.25, 0.3) is 0 Å². The van der Waals surface area contributed by atoms with E-state index in [0.717, 1.165) is 5.56 Å². The van der Waals surface area contributed by atoms with Gasteiger partial charge in [0.2, 0.25) is 5.90 Å². The van der Waals surface area contributed by atoms with Crippen LogP contribution in [0.2, 0.25) is 0 Å². The highest BCUT2D eigenvalue weighted by Gasteiger charge is 2.15. The highest BCUT2D eigenvalue weighted by Crippen LogP contribution is 2.25. The van der Waals surface area contributed by atoms with Crippen molar-refractivity contribution in [3.8, 4) is 5.75 Å². The summed E-state index contributed by atoms with van der Waals surface area (Å²) in [7, 11) is 0. The van der Waals surface area contributed by atoms with Crippen molar-refractivity contribution < 1.29 is 9.84 Å². The lowest BCUT2D eigenvalue weighted by atomic mass is 10.0. The maximum atomic E-state index is 9.84. The van der Waals surface area contributed by atoms with Gasteiger partial charge >= 0.3 is 0 Å². The minimum atomic E-state index is 0.252.